The van der Waals surface area contributed by atoms with E-state index in [1.807, 2.05) is 24.4 Å². The second-order valence-electron chi connectivity index (χ2n) is 7.21. The zero-order valence-corrected chi connectivity index (χ0v) is 18.0. The van der Waals surface area contributed by atoms with Gasteiger partial charge >= 0.3 is 6.18 Å². The van der Waals surface area contributed by atoms with Crippen LogP contribution in [0.4, 0.5) is 18.9 Å². The lowest BCUT2D eigenvalue weighted by atomic mass is 10.0. The van der Waals surface area contributed by atoms with Crippen molar-refractivity contribution in [3.63, 3.8) is 0 Å². The van der Waals surface area contributed by atoms with Crippen molar-refractivity contribution in [1.29, 1.82) is 0 Å². The van der Waals surface area contributed by atoms with E-state index in [9.17, 15) is 13.2 Å². The number of aromatic nitrogens is 2. The van der Waals surface area contributed by atoms with E-state index < -0.39 is 11.7 Å². The van der Waals surface area contributed by atoms with Crippen LogP contribution in [0.15, 0.2) is 71.1 Å². The summed E-state index contributed by atoms with van der Waals surface area (Å²) in [6.07, 6.45) is 4.02. The average molecular weight is 490 g/mol. The first-order valence-corrected chi connectivity index (χ1v) is 10.5. The lowest BCUT2D eigenvalue weighted by Crippen LogP contribution is -2.30. The minimum absolute atomic E-state index is 0.106. The zero-order valence-electron chi connectivity index (χ0n) is 16.4. The molecule has 1 aromatic carbocycles. The van der Waals surface area contributed by atoms with Gasteiger partial charge in [-0.3, -0.25) is 4.98 Å². The minimum atomic E-state index is -4.42. The Labute approximate surface area is 186 Å². The van der Waals surface area contributed by atoms with Crippen molar-refractivity contribution in [2.45, 2.75) is 19.0 Å². The van der Waals surface area contributed by atoms with E-state index in [2.05, 4.69) is 42.9 Å². The van der Waals surface area contributed by atoms with Gasteiger partial charge in [-0.2, -0.15) is 13.2 Å². The molecule has 1 aliphatic heterocycles. The third-order valence-corrected chi connectivity index (χ3v) is 5.43. The summed E-state index contributed by atoms with van der Waals surface area (Å²) in [6, 6.07) is 11.8. The second kappa shape index (κ2) is 9.09. The molecule has 8 heteroatoms. The molecule has 1 saturated heterocycles. The van der Waals surface area contributed by atoms with E-state index >= 15 is 0 Å². The van der Waals surface area contributed by atoms with Gasteiger partial charge in [0.1, 0.15) is 5.75 Å². The molecule has 4 nitrogen and oxygen atoms in total. The van der Waals surface area contributed by atoms with E-state index in [-0.39, 0.29) is 5.88 Å². The van der Waals surface area contributed by atoms with E-state index in [0.29, 0.717) is 5.75 Å². The fraction of sp³-hybridized carbons (Fsp3) is 0.217. The summed E-state index contributed by atoms with van der Waals surface area (Å²) in [7, 11) is 0. The van der Waals surface area contributed by atoms with E-state index in [1.165, 1.54) is 11.6 Å². The largest absolute Gasteiger partial charge is 0.439 e. The first kappa shape index (κ1) is 21.4. The normalized spacial score (nSPS) is 14.5. The van der Waals surface area contributed by atoms with Crippen LogP contribution in [0.3, 0.4) is 0 Å². The number of alkyl halides is 3. The monoisotopic (exact) mass is 489 g/mol. The molecule has 3 aromatic rings. The molecule has 0 aliphatic carbocycles. The lowest BCUT2D eigenvalue weighted by Gasteiger charge is -2.30. The van der Waals surface area contributed by atoms with Gasteiger partial charge in [0.25, 0.3) is 0 Å². The third-order valence-electron chi connectivity index (χ3n) is 4.97. The molecule has 0 amide bonds. The fourth-order valence-electron chi connectivity index (χ4n) is 3.43. The highest BCUT2D eigenvalue weighted by Crippen LogP contribution is 2.32. The quantitative estimate of drug-likeness (QED) is 0.407. The van der Waals surface area contributed by atoms with Crippen molar-refractivity contribution in [3.8, 4) is 11.6 Å². The van der Waals surface area contributed by atoms with Gasteiger partial charge in [-0.25, -0.2) is 4.98 Å². The van der Waals surface area contributed by atoms with Crippen LogP contribution >= 0.6 is 15.9 Å². The summed E-state index contributed by atoms with van der Waals surface area (Å²) in [5, 5.41) is 0. The highest BCUT2D eigenvalue weighted by atomic mass is 79.9. The highest BCUT2D eigenvalue weighted by Gasteiger charge is 2.30. The second-order valence-corrected chi connectivity index (χ2v) is 8.12. The van der Waals surface area contributed by atoms with Crippen molar-refractivity contribution >= 4 is 27.7 Å². The van der Waals surface area contributed by atoms with Crippen LogP contribution in [-0.2, 0) is 6.18 Å². The van der Waals surface area contributed by atoms with E-state index in [0.717, 1.165) is 53.9 Å². The number of benzene rings is 1. The molecule has 0 radical (unpaired) electrons. The van der Waals surface area contributed by atoms with Crippen molar-refractivity contribution in [2.75, 3.05) is 18.0 Å². The molecule has 0 bridgehead atoms. The third kappa shape index (κ3) is 5.64. The van der Waals surface area contributed by atoms with Gasteiger partial charge in [0, 0.05) is 36.0 Å². The number of anilines is 1. The number of pyridine rings is 2. The molecule has 31 heavy (non-hydrogen) atoms. The fourth-order valence-corrected chi connectivity index (χ4v) is 3.92. The predicted molar refractivity (Wildman–Crippen MR) is 117 cm³/mol. The first-order chi connectivity index (χ1) is 14.9. The van der Waals surface area contributed by atoms with Crippen LogP contribution < -0.4 is 9.64 Å². The molecular formula is C23H19BrF3N3O. The number of halogens is 4. The van der Waals surface area contributed by atoms with Crippen molar-refractivity contribution in [1.82, 2.24) is 9.97 Å². The van der Waals surface area contributed by atoms with Gasteiger partial charge < -0.3 is 9.64 Å². The lowest BCUT2D eigenvalue weighted by molar-refractivity contribution is -0.137. The predicted octanol–water partition coefficient (Wildman–Crippen LogP) is 6.73. The number of piperidine rings is 1. The number of hydrogen-bond acceptors (Lipinski definition) is 4. The standard InChI is InChI=1S/C23H19BrF3N3O/c24-19-11-17(10-16-5-8-30(9-6-16)20-2-1-7-28-15-20)12-21(13-19)31-22-4-3-18(14-29-22)23(25,26)27/h1-4,7,10-15H,5-6,8-9H2. The van der Waals surface area contributed by atoms with Crippen LogP contribution in [0.2, 0.25) is 0 Å². The summed E-state index contributed by atoms with van der Waals surface area (Å²) in [6.45, 7) is 1.84. The van der Waals surface area contributed by atoms with Crippen LogP contribution in [-0.4, -0.2) is 23.1 Å². The van der Waals surface area contributed by atoms with Crippen LogP contribution in [0.25, 0.3) is 6.08 Å². The van der Waals surface area contributed by atoms with Gasteiger partial charge in [-0.15, -0.1) is 0 Å². The highest BCUT2D eigenvalue weighted by molar-refractivity contribution is 9.10. The SMILES string of the molecule is FC(F)(F)c1ccc(Oc2cc(Br)cc(C=C3CCN(c4cccnc4)CC3)c2)nc1. The molecule has 1 aliphatic rings. The Morgan fingerprint density at radius 2 is 1.84 bits per heavy atom. The maximum atomic E-state index is 12.7. The van der Waals surface area contributed by atoms with Crippen LogP contribution in [0.1, 0.15) is 24.0 Å². The summed E-state index contributed by atoms with van der Waals surface area (Å²) >= 11 is 3.48. The molecule has 0 N–H and O–H groups in total. The van der Waals surface area contributed by atoms with Crippen LogP contribution in [0, 0.1) is 0 Å². The van der Waals surface area contributed by atoms with Crippen molar-refractivity contribution < 1.29 is 17.9 Å². The Morgan fingerprint density at radius 3 is 2.48 bits per heavy atom. The number of hydrogen-bond donors (Lipinski definition) is 0. The maximum Gasteiger partial charge on any atom is 0.417 e. The molecule has 0 spiro atoms. The van der Waals surface area contributed by atoms with E-state index in [1.54, 1.807) is 12.3 Å². The number of ether oxygens (including phenoxy) is 1. The Balaban J connectivity index is 1.44. The van der Waals surface area contributed by atoms with Gasteiger partial charge in [0.2, 0.25) is 5.88 Å². The molecule has 0 atom stereocenters. The molecule has 1 fully saturated rings. The molecule has 160 valence electrons. The van der Waals surface area contributed by atoms with Crippen molar-refractivity contribution in [3.05, 3.63) is 82.2 Å². The van der Waals surface area contributed by atoms with Gasteiger partial charge in [-0.1, -0.05) is 27.6 Å². The first-order valence-electron chi connectivity index (χ1n) is 9.73. The molecule has 0 unspecified atom stereocenters. The Bertz CT molecular complexity index is 1060. The minimum Gasteiger partial charge on any atom is -0.439 e. The number of nitrogens with zero attached hydrogens (tertiary/aromatic N) is 3. The molecule has 4 rings (SSSR count). The van der Waals surface area contributed by atoms with Crippen LogP contribution in [0.5, 0.6) is 11.6 Å². The van der Waals surface area contributed by atoms with Gasteiger partial charge in [0.05, 0.1) is 17.4 Å². The summed E-state index contributed by atoms with van der Waals surface area (Å²) in [4.78, 5) is 10.3. The maximum absolute atomic E-state index is 12.7. The summed E-state index contributed by atoms with van der Waals surface area (Å²) in [5.74, 6) is 0.607. The van der Waals surface area contributed by atoms with E-state index in [4.69, 9.17) is 4.74 Å². The Morgan fingerprint density at radius 1 is 1.03 bits per heavy atom. The zero-order chi connectivity index (χ0) is 21.8. The Kier molecular flexibility index (Phi) is 6.27. The number of rotatable bonds is 4. The van der Waals surface area contributed by atoms with Crippen molar-refractivity contribution in [2.24, 2.45) is 0 Å². The molecule has 2 aromatic heterocycles. The average Bonchev–Trinajstić information content (AvgIpc) is 2.74. The van der Waals surface area contributed by atoms with Gasteiger partial charge in [-0.05, 0) is 54.8 Å². The summed E-state index contributed by atoms with van der Waals surface area (Å²) in [5.41, 5.74) is 2.61. The molecule has 0 saturated carbocycles. The smallest absolute Gasteiger partial charge is 0.417 e. The summed E-state index contributed by atoms with van der Waals surface area (Å²) < 4.78 is 44.6. The molecule has 3 heterocycles. The Hall–Kier alpha value is -2.87. The van der Waals surface area contributed by atoms with Gasteiger partial charge in [0.15, 0.2) is 0 Å². The molecular weight excluding hydrogens is 471 g/mol. The topological polar surface area (TPSA) is 38.2 Å².